The van der Waals surface area contributed by atoms with Crippen molar-refractivity contribution in [3.8, 4) is 0 Å². The van der Waals surface area contributed by atoms with Crippen molar-refractivity contribution < 1.29 is 18.8 Å². The van der Waals surface area contributed by atoms with E-state index in [1.807, 2.05) is 0 Å². The van der Waals surface area contributed by atoms with Crippen molar-refractivity contribution in [2.45, 2.75) is 25.9 Å². The van der Waals surface area contributed by atoms with Gasteiger partial charge in [-0.25, -0.2) is 4.79 Å². The van der Waals surface area contributed by atoms with Gasteiger partial charge in [-0.2, -0.15) is 0 Å². The maximum Gasteiger partial charge on any atom is 0.333 e. The van der Waals surface area contributed by atoms with Gasteiger partial charge < -0.3 is 14.0 Å². The number of ether oxygens (including phenoxy) is 1. The van der Waals surface area contributed by atoms with E-state index in [-0.39, 0.29) is 5.97 Å². The van der Waals surface area contributed by atoms with Crippen molar-refractivity contribution >= 4 is 14.5 Å². The van der Waals surface area contributed by atoms with E-state index in [0.717, 1.165) is 0 Å². The number of carbonyl (C=O) groups is 1. The van der Waals surface area contributed by atoms with Crippen LogP contribution in [-0.2, 0) is 14.0 Å². The third kappa shape index (κ3) is 5.90. The van der Waals surface area contributed by atoms with Gasteiger partial charge in [-0.05, 0) is 25.9 Å². The number of esters is 1. The number of hydrogen-bond donors (Lipinski definition) is 1. The summed E-state index contributed by atoms with van der Waals surface area (Å²) in [6.45, 7) is 7.06. The molecule has 14 heavy (non-hydrogen) atoms. The van der Waals surface area contributed by atoms with E-state index in [1.165, 1.54) is 7.11 Å². The van der Waals surface area contributed by atoms with Crippen LogP contribution >= 0.6 is 0 Å². The molecule has 0 rings (SSSR count). The lowest BCUT2D eigenvalue weighted by Gasteiger charge is -2.16. The van der Waals surface area contributed by atoms with E-state index < -0.39 is 8.56 Å². The molecule has 0 aromatic heterocycles. The molecule has 1 unspecified atom stereocenters. The molecule has 0 aliphatic carbocycles. The second kappa shape index (κ2) is 5.95. The van der Waals surface area contributed by atoms with Crippen LogP contribution in [0.5, 0.6) is 0 Å². The van der Waals surface area contributed by atoms with Gasteiger partial charge in [0.25, 0.3) is 0 Å². The average Bonchev–Trinajstić information content (AvgIpc) is 2.12. The lowest BCUT2D eigenvalue weighted by molar-refractivity contribution is -0.138. The largest absolute Gasteiger partial charge is 0.462 e. The summed E-state index contributed by atoms with van der Waals surface area (Å²) < 4.78 is 9.79. The molecule has 0 amide bonds. The standard InChI is InChI=1S/C9H18O4Si/c1-8(2)9(10)13-6-5-7-14(4,11)12-3/h11H,1,5-7H2,2-4H3. The van der Waals surface area contributed by atoms with Crippen LogP contribution in [0.1, 0.15) is 13.3 Å². The molecule has 5 heteroatoms. The summed E-state index contributed by atoms with van der Waals surface area (Å²) in [6.07, 6.45) is 0.617. The lowest BCUT2D eigenvalue weighted by atomic mass is 10.4. The van der Waals surface area contributed by atoms with Crippen molar-refractivity contribution in [3.63, 3.8) is 0 Å². The average molecular weight is 218 g/mol. The summed E-state index contributed by atoms with van der Waals surface area (Å²) in [7, 11) is -0.998. The normalized spacial score (nSPS) is 14.6. The Morgan fingerprint density at radius 1 is 1.57 bits per heavy atom. The second-order valence-electron chi connectivity index (χ2n) is 3.40. The van der Waals surface area contributed by atoms with Gasteiger partial charge in [0.15, 0.2) is 0 Å². The lowest BCUT2D eigenvalue weighted by Crippen LogP contribution is -2.33. The van der Waals surface area contributed by atoms with Crippen LogP contribution in [0.15, 0.2) is 12.2 Å². The maximum absolute atomic E-state index is 10.9. The summed E-state index contributed by atoms with van der Waals surface area (Å²) >= 11 is 0. The SMILES string of the molecule is C=C(C)C(=O)OCCC[Si](C)(O)OC. The van der Waals surface area contributed by atoms with Gasteiger partial charge in [0.2, 0.25) is 0 Å². The topological polar surface area (TPSA) is 55.8 Å². The number of hydrogen-bond acceptors (Lipinski definition) is 4. The van der Waals surface area contributed by atoms with Crippen molar-refractivity contribution in [2.75, 3.05) is 13.7 Å². The first kappa shape index (κ1) is 13.3. The zero-order valence-electron chi connectivity index (χ0n) is 9.00. The molecule has 0 saturated heterocycles. The molecule has 82 valence electrons. The van der Waals surface area contributed by atoms with Crippen LogP contribution in [0.2, 0.25) is 12.6 Å². The Balaban J connectivity index is 3.57. The molecule has 0 aliphatic heterocycles. The van der Waals surface area contributed by atoms with Crippen molar-refractivity contribution in [1.29, 1.82) is 0 Å². The summed E-state index contributed by atoms with van der Waals surface area (Å²) in [5.41, 5.74) is 0.390. The third-order valence-corrected chi connectivity index (χ3v) is 3.97. The molecule has 4 nitrogen and oxygen atoms in total. The van der Waals surface area contributed by atoms with Gasteiger partial charge in [0, 0.05) is 12.7 Å². The maximum atomic E-state index is 10.9. The van der Waals surface area contributed by atoms with E-state index in [0.29, 0.717) is 24.6 Å². The molecule has 0 bridgehead atoms. The van der Waals surface area contributed by atoms with Crippen molar-refractivity contribution in [2.24, 2.45) is 0 Å². The van der Waals surface area contributed by atoms with Gasteiger partial charge in [0.05, 0.1) is 6.61 Å². The minimum atomic E-state index is -2.49. The fourth-order valence-electron chi connectivity index (χ4n) is 0.790. The number of rotatable bonds is 6. The van der Waals surface area contributed by atoms with Gasteiger partial charge in [0.1, 0.15) is 0 Å². The van der Waals surface area contributed by atoms with Crippen LogP contribution in [0.3, 0.4) is 0 Å². The van der Waals surface area contributed by atoms with Crippen LogP contribution in [0.25, 0.3) is 0 Å². The van der Waals surface area contributed by atoms with Crippen LogP contribution in [0.4, 0.5) is 0 Å². The number of carbonyl (C=O) groups excluding carboxylic acids is 1. The van der Waals surface area contributed by atoms with E-state index in [9.17, 15) is 9.59 Å². The fraction of sp³-hybridized carbons (Fsp3) is 0.667. The fourth-order valence-corrected chi connectivity index (χ4v) is 1.79. The molecule has 0 saturated carbocycles. The van der Waals surface area contributed by atoms with E-state index in [1.54, 1.807) is 13.5 Å². The van der Waals surface area contributed by atoms with Crippen LogP contribution in [0, 0.1) is 0 Å². The van der Waals surface area contributed by atoms with Crippen molar-refractivity contribution in [3.05, 3.63) is 12.2 Å². The highest BCUT2D eigenvalue weighted by atomic mass is 28.4. The second-order valence-corrected chi connectivity index (χ2v) is 6.66. The van der Waals surface area contributed by atoms with Gasteiger partial charge in [-0.3, -0.25) is 0 Å². The van der Waals surface area contributed by atoms with Gasteiger partial charge in [-0.1, -0.05) is 6.58 Å². The monoisotopic (exact) mass is 218 g/mol. The molecule has 0 heterocycles. The Labute approximate surface area is 85.8 Å². The van der Waals surface area contributed by atoms with E-state index >= 15 is 0 Å². The first-order valence-corrected chi connectivity index (χ1v) is 7.05. The highest BCUT2D eigenvalue weighted by Gasteiger charge is 2.24. The Morgan fingerprint density at radius 3 is 2.57 bits per heavy atom. The van der Waals surface area contributed by atoms with E-state index in [2.05, 4.69) is 6.58 Å². The molecule has 0 aromatic rings. The first-order chi connectivity index (χ1) is 6.39. The summed E-state index contributed by atoms with van der Waals surface area (Å²) in [5.74, 6) is -0.385. The van der Waals surface area contributed by atoms with Crippen molar-refractivity contribution in [1.82, 2.24) is 0 Å². The molecular weight excluding hydrogens is 200 g/mol. The zero-order chi connectivity index (χ0) is 11.2. The highest BCUT2D eigenvalue weighted by Crippen LogP contribution is 2.09. The molecular formula is C9H18O4Si. The van der Waals surface area contributed by atoms with Crippen LogP contribution < -0.4 is 0 Å². The Kier molecular flexibility index (Phi) is 5.67. The van der Waals surface area contributed by atoms with E-state index in [4.69, 9.17) is 9.16 Å². The smallest absolute Gasteiger partial charge is 0.333 e. The molecule has 1 atom stereocenters. The quantitative estimate of drug-likeness (QED) is 0.315. The minimum Gasteiger partial charge on any atom is -0.462 e. The molecule has 0 aromatic carbocycles. The third-order valence-electron chi connectivity index (χ3n) is 1.81. The summed E-state index contributed by atoms with van der Waals surface area (Å²) in [4.78, 5) is 20.5. The molecule has 0 aliphatic rings. The predicted octanol–water partition coefficient (Wildman–Crippen LogP) is 1.21. The highest BCUT2D eigenvalue weighted by molar-refractivity contribution is 6.64. The molecule has 0 radical (unpaired) electrons. The molecule has 0 spiro atoms. The minimum absolute atomic E-state index is 0.304. The molecule has 0 fully saturated rings. The van der Waals surface area contributed by atoms with Gasteiger partial charge >= 0.3 is 14.5 Å². The Hall–Kier alpha value is -0.653. The van der Waals surface area contributed by atoms with Gasteiger partial charge in [-0.15, -0.1) is 0 Å². The first-order valence-electron chi connectivity index (χ1n) is 4.49. The Morgan fingerprint density at radius 2 is 2.14 bits per heavy atom. The zero-order valence-corrected chi connectivity index (χ0v) is 10.0. The summed E-state index contributed by atoms with van der Waals surface area (Å²) in [5, 5.41) is 0. The Bertz CT molecular complexity index is 213. The van der Waals surface area contributed by atoms with Crippen LogP contribution in [-0.4, -0.2) is 33.0 Å². The molecule has 1 N–H and O–H groups in total. The predicted molar refractivity (Wildman–Crippen MR) is 56.0 cm³/mol. The summed E-state index contributed by atoms with van der Waals surface area (Å²) in [6, 6.07) is 0.562.